The minimum Gasteiger partial charge on any atom is -0.478 e. The van der Waals surface area contributed by atoms with Gasteiger partial charge in [-0.3, -0.25) is 9.78 Å². The van der Waals surface area contributed by atoms with Gasteiger partial charge in [-0.2, -0.15) is 0 Å². The van der Waals surface area contributed by atoms with Crippen LogP contribution < -0.4 is 4.90 Å². The van der Waals surface area contributed by atoms with Gasteiger partial charge in [0.15, 0.2) is 0 Å². The van der Waals surface area contributed by atoms with Crippen molar-refractivity contribution in [1.29, 1.82) is 0 Å². The van der Waals surface area contributed by atoms with E-state index in [-0.39, 0.29) is 11.3 Å². The first-order valence-electron chi connectivity index (χ1n) is 5.72. The number of pyridine rings is 1. The number of hydrogen-bond donors (Lipinski definition) is 1. The van der Waals surface area contributed by atoms with Crippen molar-refractivity contribution in [2.45, 2.75) is 0 Å². The van der Waals surface area contributed by atoms with Gasteiger partial charge in [0.2, 0.25) is 0 Å². The zero-order chi connectivity index (χ0) is 14.7. The zero-order valence-corrected chi connectivity index (χ0v) is 10.6. The molecule has 5 nitrogen and oxygen atoms in total. The maximum atomic E-state index is 13.2. The highest BCUT2D eigenvalue weighted by Crippen LogP contribution is 2.17. The molecule has 0 spiro atoms. The van der Waals surface area contributed by atoms with Crippen LogP contribution in [0, 0.1) is 5.82 Å². The highest BCUT2D eigenvalue weighted by atomic mass is 19.1. The summed E-state index contributed by atoms with van der Waals surface area (Å²) in [6.45, 7) is 0. The van der Waals surface area contributed by atoms with Crippen LogP contribution in [0.25, 0.3) is 0 Å². The highest BCUT2D eigenvalue weighted by Gasteiger charge is 2.21. The number of nitrogens with zero attached hydrogens (tertiary/aromatic N) is 2. The molecule has 0 aliphatic rings. The van der Waals surface area contributed by atoms with E-state index >= 15 is 0 Å². The van der Waals surface area contributed by atoms with Crippen LogP contribution in [0.3, 0.4) is 0 Å². The summed E-state index contributed by atoms with van der Waals surface area (Å²) >= 11 is 0. The number of amides is 1. The van der Waals surface area contributed by atoms with Gasteiger partial charge >= 0.3 is 5.97 Å². The molecule has 0 atom stereocenters. The molecule has 0 aliphatic carbocycles. The Morgan fingerprint density at radius 2 is 2.00 bits per heavy atom. The van der Waals surface area contributed by atoms with Crippen molar-refractivity contribution < 1.29 is 19.1 Å². The highest BCUT2D eigenvalue weighted by molar-refractivity contribution is 6.10. The molecule has 0 unspecified atom stereocenters. The number of anilines is 1. The molecule has 1 N–H and O–H groups in total. The van der Waals surface area contributed by atoms with Crippen molar-refractivity contribution in [1.82, 2.24) is 4.98 Å². The lowest BCUT2D eigenvalue weighted by atomic mass is 10.1. The maximum absolute atomic E-state index is 13.2. The maximum Gasteiger partial charge on any atom is 0.338 e. The summed E-state index contributed by atoms with van der Waals surface area (Å²) in [5.74, 6) is -2.34. The zero-order valence-electron chi connectivity index (χ0n) is 10.6. The normalized spacial score (nSPS) is 10.1. The lowest BCUT2D eigenvalue weighted by Gasteiger charge is -2.17. The fraction of sp³-hybridized carbons (Fsp3) is 0.0714. The van der Waals surface area contributed by atoms with Gasteiger partial charge in [-0.05, 0) is 30.3 Å². The quantitative estimate of drug-likeness (QED) is 0.931. The van der Waals surface area contributed by atoms with Crippen molar-refractivity contribution in [3.63, 3.8) is 0 Å². The number of benzene rings is 1. The number of carboxylic acids is 1. The molecule has 1 heterocycles. The summed E-state index contributed by atoms with van der Waals surface area (Å²) in [6.07, 6.45) is 1.33. The number of rotatable bonds is 3. The van der Waals surface area contributed by atoms with Gasteiger partial charge in [0, 0.05) is 18.9 Å². The fourth-order valence-electron chi connectivity index (χ4n) is 1.71. The topological polar surface area (TPSA) is 70.5 Å². The average molecular weight is 274 g/mol. The second-order valence-electron chi connectivity index (χ2n) is 4.05. The number of aromatic nitrogens is 1. The van der Waals surface area contributed by atoms with Crippen molar-refractivity contribution in [3.8, 4) is 0 Å². The first-order valence-corrected chi connectivity index (χ1v) is 5.72. The second kappa shape index (κ2) is 5.48. The number of halogens is 1. The molecule has 2 aromatic rings. The van der Waals surface area contributed by atoms with Gasteiger partial charge in [0.05, 0.1) is 5.56 Å². The van der Waals surface area contributed by atoms with Crippen LogP contribution >= 0.6 is 0 Å². The minimum absolute atomic E-state index is 0.188. The van der Waals surface area contributed by atoms with E-state index in [4.69, 9.17) is 5.11 Å². The number of carboxylic acid groups (broad SMARTS) is 1. The molecule has 0 saturated heterocycles. The molecule has 0 saturated carbocycles. The summed E-state index contributed by atoms with van der Waals surface area (Å²) in [6, 6.07) is 8.17. The lowest BCUT2D eigenvalue weighted by Crippen LogP contribution is -2.29. The number of aromatic carboxylic acids is 1. The van der Waals surface area contributed by atoms with Gasteiger partial charge in [-0.1, -0.05) is 6.07 Å². The van der Waals surface area contributed by atoms with Gasteiger partial charge in [-0.15, -0.1) is 0 Å². The van der Waals surface area contributed by atoms with Gasteiger partial charge in [0.25, 0.3) is 5.91 Å². The van der Waals surface area contributed by atoms with Crippen molar-refractivity contribution >= 4 is 17.6 Å². The third kappa shape index (κ3) is 2.64. The van der Waals surface area contributed by atoms with Crippen molar-refractivity contribution in [2.24, 2.45) is 0 Å². The molecule has 2 rings (SSSR count). The van der Waals surface area contributed by atoms with Crippen LogP contribution in [0.1, 0.15) is 20.8 Å². The van der Waals surface area contributed by atoms with Crippen molar-refractivity contribution in [3.05, 3.63) is 59.7 Å². The van der Waals surface area contributed by atoms with E-state index in [0.29, 0.717) is 5.69 Å². The summed E-state index contributed by atoms with van der Waals surface area (Å²) < 4.78 is 13.2. The summed E-state index contributed by atoms with van der Waals surface area (Å²) in [4.78, 5) is 28.3. The Kier molecular flexibility index (Phi) is 3.74. The molecule has 0 fully saturated rings. The Hall–Kier alpha value is -2.76. The molecular weight excluding hydrogens is 263 g/mol. The molecule has 20 heavy (non-hydrogen) atoms. The predicted molar refractivity (Wildman–Crippen MR) is 70.3 cm³/mol. The number of carbonyl (C=O) groups is 2. The van der Waals surface area contributed by atoms with E-state index in [1.807, 2.05) is 0 Å². The molecule has 0 bridgehead atoms. The monoisotopic (exact) mass is 274 g/mol. The Labute approximate surface area is 114 Å². The van der Waals surface area contributed by atoms with E-state index in [2.05, 4.69) is 4.98 Å². The van der Waals surface area contributed by atoms with E-state index in [9.17, 15) is 14.0 Å². The Balaban J connectivity index is 2.39. The minimum atomic E-state index is -1.24. The first-order chi connectivity index (χ1) is 9.50. The Morgan fingerprint density at radius 3 is 2.65 bits per heavy atom. The van der Waals surface area contributed by atoms with E-state index in [1.54, 1.807) is 6.07 Å². The van der Waals surface area contributed by atoms with E-state index in [1.165, 1.54) is 43.6 Å². The summed E-state index contributed by atoms with van der Waals surface area (Å²) in [5, 5.41) is 9.04. The van der Waals surface area contributed by atoms with Gasteiger partial charge in [0.1, 0.15) is 11.5 Å². The van der Waals surface area contributed by atoms with E-state index in [0.717, 1.165) is 4.90 Å². The van der Waals surface area contributed by atoms with Crippen LogP contribution in [0.15, 0.2) is 42.6 Å². The fourth-order valence-corrected chi connectivity index (χ4v) is 1.71. The lowest BCUT2D eigenvalue weighted by molar-refractivity contribution is 0.0691. The van der Waals surface area contributed by atoms with Crippen LogP contribution in [-0.2, 0) is 0 Å². The van der Waals surface area contributed by atoms with Gasteiger partial charge < -0.3 is 10.0 Å². The smallest absolute Gasteiger partial charge is 0.338 e. The molecule has 102 valence electrons. The Morgan fingerprint density at radius 1 is 1.25 bits per heavy atom. The number of hydrogen-bond acceptors (Lipinski definition) is 3. The van der Waals surface area contributed by atoms with Gasteiger partial charge in [-0.25, -0.2) is 9.18 Å². The molecule has 1 aromatic carbocycles. The van der Waals surface area contributed by atoms with Crippen LogP contribution in [0.4, 0.5) is 10.1 Å². The predicted octanol–water partition coefficient (Wildman–Crippen LogP) is 2.20. The first kappa shape index (κ1) is 13.7. The van der Waals surface area contributed by atoms with E-state index < -0.39 is 17.7 Å². The standard InChI is InChI=1S/C14H11FN2O3/c1-17(10-5-2-4-9(15)8-10)13(18)12-11(14(19)20)6-3-7-16-12/h2-8H,1H3,(H,19,20). The molecule has 6 heteroatoms. The van der Waals surface area contributed by atoms with Crippen LogP contribution in [0.5, 0.6) is 0 Å². The summed E-state index contributed by atoms with van der Waals surface area (Å²) in [5.41, 5.74) is -0.0653. The van der Waals surface area contributed by atoms with Crippen molar-refractivity contribution in [2.75, 3.05) is 11.9 Å². The van der Waals surface area contributed by atoms with Crippen LogP contribution in [-0.4, -0.2) is 29.0 Å². The molecule has 0 radical (unpaired) electrons. The number of carbonyl (C=O) groups excluding carboxylic acids is 1. The second-order valence-corrected chi connectivity index (χ2v) is 4.05. The summed E-state index contributed by atoms with van der Waals surface area (Å²) in [7, 11) is 1.43. The molecule has 1 aromatic heterocycles. The average Bonchev–Trinajstić information content (AvgIpc) is 2.45. The largest absolute Gasteiger partial charge is 0.478 e. The third-order valence-electron chi connectivity index (χ3n) is 2.74. The molecule has 1 amide bonds. The Bertz CT molecular complexity index is 673. The molecular formula is C14H11FN2O3. The molecule has 0 aliphatic heterocycles. The van der Waals surface area contributed by atoms with Crippen LogP contribution in [0.2, 0.25) is 0 Å². The SMILES string of the molecule is CN(C(=O)c1ncccc1C(=O)O)c1cccc(F)c1. The third-order valence-corrected chi connectivity index (χ3v) is 2.74.